The first-order valence-electron chi connectivity index (χ1n) is 5.32. The van der Waals surface area contributed by atoms with E-state index in [1.165, 1.54) is 0 Å². The van der Waals surface area contributed by atoms with Crippen LogP contribution in [0.1, 0.15) is 22.8 Å². The maximum atomic E-state index is 11.9. The SMILES string of the molecule is CSC(C)CNC(=O)c1cc(Cl)cc(C)c1N. The number of nitrogen functional groups attached to an aromatic ring is 1. The Morgan fingerprint density at radius 1 is 1.59 bits per heavy atom. The highest BCUT2D eigenvalue weighted by Crippen LogP contribution is 2.22. The molecule has 0 spiro atoms. The molecule has 1 aromatic carbocycles. The minimum absolute atomic E-state index is 0.172. The van der Waals surface area contributed by atoms with E-state index >= 15 is 0 Å². The van der Waals surface area contributed by atoms with Crippen LogP contribution in [-0.4, -0.2) is 24.0 Å². The Balaban J connectivity index is 2.82. The molecule has 0 saturated carbocycles. The van der Waals surface area contributed by atoms with Gasteiger partial charge in [0.2, 0.25) is 0 Å². The van der Waals surface area contributed by atoms with Crippen LogP contribution < -0.4 is 11.1 Å². The molecule has 3 N–H and O–H groups in total. The molecule has 3 nitrogen and oxygen atoms in total. The van der Waals surface area contributed by atoms with Crippen LogP contribution in [-0.2, 0) is 0 Å². The number of hydrogen-bond donors (Lipinski definition) is 2. The number of carbonyl (C=O) groups is 1. The number of rotatable bonds is 4. The molecule has 0 heterocycles. The van der Waals surface area contributed by atoms with Crippen LogP contribution in [0.2, 0.25) is 5.02 Å². The standard InChI is InChI=1S/C12H17ClN2OS/c1-7-4-9(13)5-10(11(7)14)12(16)15-6-8(2)17-3/h4-5,8H,6,14H2,1-3H3,(H,15,16). The predicted octanol–water partition coefficient (Wildman–Crippen LogP) is 2.71. The van der Waals surface area contributed by atoms with Crippen molar-refractivity contribution < 1.29 is 4.79 Å². The lowest BCUT2D eigenvalue weighted by molar-refractivity contribution is 0.0955. The topological polar surface area (TPSA) is 55.1 Å². The lowest BCUT2D eigenvalue weighted by Crippen LogP contribution is -2.30. The zero-order valence-corrected chi connectivity index (χ0v) is 11.8. The van der Waals surface area contributed by atoms with Crippen molar-refractivity contribution in [2.45, 2.75) is 19.1 Å². The van der Waals surface area contributed by atoms with Gasteiger partial charge in [0.1, 0.15) is 0 Å². The summed E-state index contributed by atoms with van der Waals surface area (Å²) in [6.45, 7) is 4.50. The average Bonchev–Trinajstić information content (AvgIpc) is 2.30. The molecular weight excluding hydrogens is 256 g/mol. The Morgan fingerprint density at radius 3 is 2.82 bits per heavy atom. The van der Waals surface area contributed by atoms with Gasteiger partial charge in [0.05, 0.1) is 5.56 Å². The molecule has 1 unspecified atom stereocenters. The Morgan fingerprint density at radius 2 is 2.24 bits per heavy atom. The highest BCUT2D eigenvalue weighted by molar-refractivity contribution is 7.99. The molecule has 17 heavy (non-hydrogen) atoms. The highest BCUT2D eigenvalue weighted by atomic mass is 35.5. The van der Waals surface area contributed by atoms with Gasteiger partial charge in [-0.2, -0.15) is 11.8 Å². The molecule has 1 aromatic rings. The number of hydrogen-bond acceptors (Lipinski definition) is 3. The van der Waals surface area contributed by atoms with Crippen LogP contribution >= 0.6 is 23.4 Å². The van der Waals surface area contributed by atoms with E-state index in [9.17, 15) is 4.79 Å². The van der Waals surface area contributed by atoms with Crippen molar-refractivity contribution >= 4 is 35.0 Å². The number of aryl methyl sites for hydroxylation is 1. The van der Waals surface area contributed by atoms with Crippen molar-refractivity contribution in [1.29, 1.82) is 0 Å². The van der Waals surface area contributed by atoms with Crippen molar-refractivity contribution in [2.24, 2.45) is 0 Å². The van der Waals surface area contributed by atoms with Crippen LogP contribution in [0.4, 0.5) is 5.69 Å². The van der Waals surface area contributed by atoms with Crippen molar-refractivity contribution in [3.05, 3.63) is 28.3 Å². The third-order valence-electron chi connectivity index (χ3n) is 2.55. The predicted molar refractivity (Wildman–Crippen MR) is 75.9 cm³/mol. The lowest BCUT2D eigenvalue weighted by atomic mass is 10.1. The second-order valence-corrected chi connectivity index (χ2v) is 5.65. The van der Waals surface area contributed by atoms with Crippen molar-refractivity contribution in [1.82, 2.24) is 5.32 Å². The third kappa shape index (κ3) is 3.82. The molecule has 0 saturated heterocycles. The molecule has 1 amide bonds. The van der Waals surface area contributed by atoms with Crippen LogP contribution in [0.25, 0.3) is 0 Å². The Bertz CT molecular complexity index is 423. The number of nitrogens with one attached hydrogen (secondary N) is 1. The summed E-state index contributed by atoms with van der Waals surface area (Å²) in [5.74, 6) is -0.172. The Hall–Kier alpha value is -0.870. The molecule has 0 fully saturated rings. The van der Waals surface area contributed by atoms with Gasteiger partial charge < -0.3 is 11.1 Å². The largest absolute Gasteiger partial charge is 0.398 e. The molecule has 1 atom stereocenters. The summed E-state index contributed by atoms with van der Waals surface area (Å²) >= 11 is 7.62. The van der Waals surface area contributed by atoms with Crippen LogP contribution in [0.15, 0.2) is 12.1 Å². The monoisotopic (exact) mass is 272 g/mol. The van der Waals surface area contributed by atoms with Gasteiger partial charge >= 0.3 is 0 Å². The van der Waals surface area contributed by atoms with Gasteiger partial charge in [-0.25, -0.2) is 0 Å². The second-order valence-electron chi connectivity index (χ2n) is 3.94. The molecule has 5 heteroatoms. The van der Waals surface area contributed by atoms with E-state index in [0.717, 1.165) is 5.56 Å². The zero-order valence-electron chi connectivity index (χ0n) is 10.2. The second kappa shape index (κ2) is 6.17. The van der Waals surface area contributed by atoms with Gasteiger partial charge in [0.25, 0.3) is 5.91 Å². The fraction of sp³-hybridized carbons (Fsp3) is 0.417. The number of thioether (sulfide) groups is 1. The summed E-state index contributed by atoms with van der Waals surface area (Å²) < 4.78 is 0. The van der Waals surface area contributed by atoms with Gasteiger partial charge in [-0.15, -0.1) is 0 Å². The first-order valence-corrected chi connectivity index (χ1v) is 6.99. The maximum absolute atomic E-state index is 11.9. The molecule has 0 aromatic heterocycles. The number of anilines is 1. The van der Waals surface area contributed by atoms with Crippen molar-refractivity contribution in [2.75, 3.05) is 18.5 Å². The molecule has 1 rings (SSSR count). The summed E-state index contributed by atoms with van der Waals surface area (Å²) in [6, 6.07) is 3.35. The Kier molecular flexibility index (Phi) is 5.15. The van der Waals surface area contributed by atoms with E-state index in [1.807, 2.05) is 13.2 Å². The van der Waals surface area contributed by atoms with E-state index in [2.05, 4.69) is 12.2 Å². The number of nitrogens with two attached hydrogens (primary N) is 1. The molecule has 0 aliphatic heterocycles. The summed E-state index contributed by atoms with van der Waals surface area (Å²) in [5, 5.41) is 3.75. The van der Waals surface area contributed by atoms with Crippen LogP contribution in [0, 0.1) is 6.92 Å². The first kappa shape index (κ1) is 14.2. The smallest absolute Gasteiger partial charge is 0.253 e. The number of benzene rings is 1. The van der Waals surface area contributed by atoms with Gasteiger partial charge in [0, 0.05) is 22.5 Å². The molecule has 0 bridgehead atoms. The molecular formula is C12H17ClN2OS. The normalized spacial score (nSPS) is 12.2. The molecule has 94 valence electrons. The number of halogens is 1. The van der Waals surface area contributed by atoms with E-state index in [4.69, 9.17) is 17.3 Å². The first-order chi connectivity index (χ1) is 7.95. The quantitative estimate of drug-likeness (QED) is 0.829. The lowest BCUT2D eigenvalue weighted by Gasteiger charge is -2.12. The van der Waals surface area contributed by atoms with Crippen molar-refractivity contribution in [3.63, 3.8) is 0 Å². The molecule has 0 radical (unpaired) electrons. The average molecular weight is 273 g/mol. The van der Waals surface area contributed by atoms with E-state index in [1.54, 1.807) is 23.9 Å². The summed E-state index contributed by atoms with van der Waals surface area (Å²) in [7, 11) is 0. The fourth-order valence-corrected chi connectivity index (χ4v) is 1.88. The summed E-state index contributed by atoms with van der Waals surface area (Å²) in [6.07, 6.45) is 2.01. The molecule has 0 aliphatic carbocycles. The summed E-state index contributed by atoms with van der Waals surface area (Å²) in [4.78, 5) is 11.9. The van der Waals surface area contributed by atoms with Gasteiger partial charge in [0.15, 0.2) is 0 Å². The summed E-state index contributed by atoms with van der Waals surface area (Å²) in [5.41, 5.74) is 7.62. The fourth-order valence-electron chi connectivity index (χ4n) is 1.36. The van der Waals surface area contributed by atoms with Gasteiger partial charge in [-0.05, 0) is 30.9 Å². The number of carbonyl (C=O) groups excluding carboxylic acids is 1. The van der Waals surface area contributed by atoms with Crippen LogP contribution in [0.3, 0.4) is 0 Å². The van der Waals surface area contributed by atoms with Gasteiger partial charge in [-0.3, -0.25) is 4.79 Å². The van der Waals surface area contributed by atoms with Gasteiger partial charge in [-0.1, -0.05) is 18.5 Å². The number of amides is 1. The van der Waals surface area contributed by atoms with Crippen LogP contribution in [0.5, 0.6) is 0 Å². The molecule has 0 aliphatic rings. The van der Waals surface area contributed by atoms with E-state index in [0.29, 0.717) is 28.1 Å². The van der Waals surface area contributed by atoms with E-state index in [-0.39, 0.29) is 5.91 Å². The van der Waals surface area contributed by atoms with Crippen molar-refractivity contribution in [3.8, 4) is 0 Å². The third-order valence-corrected chi connectivity index (χ3v) is 3.74. The highest BCUT2D eigenvalue weighted by Gasteiger charge is 2.13. The zero-order chi connectivity index (χ0) is 13.0. The maximum Gasteiger partial charge on any atom is 0.253 e. The Labute approximate surface area is 111 Å². The minimum atomic E-state index is -0.172. The van der Waals surface area contributed by atoms with E-state index < -0.39 is 0 Å². The minimum Gasteiger partial charge on any atom is -0.398 e.